The van der Waals surface area contributed by atoms with Crippen LogP contribution in [0.15, 0.2) is 36.5 Å². The van der Waals surface area contributed by atoms with Gasteiger partial charge in [0.25, 0.3) is 0 Å². The number of hydroxylamine groups is 1. The first-order valence-electron chi connectivity index (χ1n) is 6.85. The lowest BCUT2D eigenvalue weighted by Gasteiger charge is -2.18. The van der Waals surface area contributed by atoms with Gasteiger partial charge in [-0.05, 0) is 30.5 Å². The van der Waals surface area contributed by atoms with Gasteiger partial charge in [-0.2, -0.15) is 0 Å². The van der Waals surface area contributed by atoms with Crippen LogP contribution in [0.3, 0.4) is 0 Å². The summed E-state index contributed by atoms with van der Waals surface area (Å²) in [4.78, 5) is 4.28. The van der Waals surface area contributed by atoms with Gasteiger partial charge in [-0.15, -0.1) is 0 Å². The lowest BCUT2D eigenvalue weighted by molar-refractivity contribution is 0.113. The number of hydrogen-bond donors (Lipinski definition) is 2. The van der Waals surface area contributed by atoms with Crippen LogP contribution in [0.1, 0.15) is 19.4 Å². The third kappa shape index (κ3) is 4.23. The number of sulfone groups is 1. The zero-order valence-electron chi connectivity index (χ0n) is 12.2. The highest BCUT2D eigenvalue weighted by Gasteiger charge is 2.21. The number of pyridine rings is 1. The number of hydrogen-bond acceptors (Lipinski definition) is 5. The average Bonchev–Trinajstić information content (AvgIpc) is 2.45. The fourth-order valence-electron chi connectivity index (χ4n) is 2.18. The quantitative estimate of drug-likeness (QED) is 0.799. The van der Waals surface area contributed by atoms with Crippen LogP contribution in [0.4, 0.5) is 0 Å². The Kier molecular flexibility index (Phi) is 4.92. The zero-order chi connectivity index (χ0) is 15.5. The minimum absolute atomic E-state index is 0.0224. The maximum absolute atomic E-state index is 12.2. The lowest BCUT2D eigenvalue weighted by Crippen LogP contribution is -2.33. The van der Waals surface area contributed by atoms with Gasteiger partial charge in [0.15, 0.2) is 9.84 Å². The van der Waals surface area contributed by atoms with E-state index in [4.69, 9.17) is 5.21 Å². The second-order valence-corrected chi connectivity index (χ2v) is 7.60. The summed E-state index contributed by atoms with van der Waals surface area (Å²) in [5.74, 6) is -0.185. The standard InChI is InChI=1S/C15H20N2O3S/c1-11(12(2)17-18)9-21(19,20)10-13-7-14-5-3-4-6-15(14)16-8-13/h3-8,11-12,17-18H,9-10H2,1-2H3. The number of aromatic nitrogens is 1. The highest BCUT2D eigenvalue weighted by Crippen LogP contribution is 2.16. The molecule has 0 bridgehead atoms. The highest BCUT2D eigenvalue weighted by atomic mass is 32.2. The summed E-state index contributed by atoms with van der Waals surface area (Å²) < 4.78 is 24.5. The van der Waals surface area contributed by atoms with Crippen molar-refractivity contribution >= 4 is 20.7 Å². The van der Waals surface area contributed by atoms with E-state index in [1.807, 2.05) is 30.3 Å². The van der Waals surface area contributed by atoms with Gasteiger partial charge in [0.1, 0.15) is 0 Å². The van der Waals surface area contributed by atoms with Crippen molar-refractivity contribution in [1.29, 1.82) is 0 Å². The summed E-state index contributed by atoms with van der Waals surface area (Å²) in [6.07, 6.45) is 1.61. The van der Waals surface area contributed by atoms with Crippen LogP contribution in [0, 0.1) is 5.92 Å². The van der Waals surface area contributed by atoms with Crippen molar-refractivity contribution in [3.05, 3.63) is 42.1 Å². The number of fused-ring (bicyclic) bond motifs is 1. The molecule has 0 saturated heterocycles. The molecule has 0 fully saturated rings. The molecule has 2 unspecified atom stereocenters. The molecule has 0 radical (unpaired) electrons. The van der Waals surface area contributed by atoms with Crippen molar-refractivity contribution in [2.24, 2.45) is 5.92 Å². The molecule has 2 atom stereocenters. The van der Waals surface area contributed by atoms with Gasteiger partial charge in [-0.1, -0.05) is 25.1 Å². The molecule has 0 saturated carbocycles. The largest absolute Gasteiger partial charge is 0.317 e. The van der Waals surface area contributed by atoms with Crippen molar-refractivity contribution < 1.29 is 13.6 Å². The third-order valence-electron chi connectivity index (χ3n) is 3.61. The van der Waals surface area contributed by atoms with E-state index in [0.29, 0.717) is 5.56 Å². The molecule has 2 rings (SSSR count). The van der Waals surface area contributed by atoms with Crippen LogP contribution < -0.4 is 5.48 Å². The number of nitrogens with zero attached hydrogens (tertiary/aromatic N) is 1. The monoisotopic (exact) mass is 308 g/mol. The molecule has 1 aromatic heterocycles. The minimum atomic E-state index is -3.25. The van der Waals surface area contributed by atoms with Crippen molar-refractivity contribution in [2.75, 3.05) is 5.75 Å². The molecule has 114 valence electrons. The summed E-state index contributed by atoms with van der Waals surface area (Å²) in [7, 11) is -3.25. The Morgan fingerprint density at radius 2 is 2.00 bits per heavy atom. The van der Waals surface area contributed by atoms with Crippen LogP contribution in [0.2, 0.25) is 0 Å². The maximum Gasteiger partial charge on any atom is 0.154 e. The lowest BCUT2D eigenvalue weighted by atomic mass is 10.1. The molecule has 2 N–H and O–H groups in total. The number of benzene rings is 1. The molecule has 2 aromatic rings. The van der Waals surface area contributed by atoms with Gasteiger partial charge in [0, 0.05) is 17.6 Å². The normalized spacial score (nSPS) is 15.0. The first kappa shape index (κ1) is 15.9. The highest BCUT2D eigenvalue weighted by molar-refractivity contribution is 7.90. The SMILES string of the molecule is CC(CS(=O)(=O)Cc1cnc2ccccc2c1)C(C)NO. The van der Waals surface area contributed by atoms with Crippen LogP contribution in [-0.2, 0) is 15.6 Å². The van der Waals surface area contributed by atoms with Crippen molar-refractivity contribution in [3.8, 4) is 0 Å². The average molecular weight is 308 g/mol. The van der Waals surface area contributed by atoms with E-state index in [0.717, 1.165) is 10.9 Å². The zero-order valence-corrected chi connectivity index (χ0v) is 13.0. The second kappa shape index (κ2) is 6.51. The number of nitrogens with one attached hydrogen (secondary N) is 1. The Labute approximate surface area is 124 Å². The molecule has 0 aliphatic rings. The fourth-order valence-corrected chi connectivity index (χ4v) is 4.05. The van der Waals surface area contributed by atoms with Crippen molar-refractivity contribution in [2.45, 2.75) is 25.6 Å². The van der Waals surface area contributed by atoms with Gasteiger partial charge >= 0.3 is 0 Å². The summed E-state index contributed by atoms with van der Waals surface area (Å²) >= 11 is 0. The Hall–Kier alpha value is -1.50. The van der Waals surface area contributed by atoms with E-state index in [-0.39, 0.29) is 23.5 Å². The van der Waals surface area contributed by atoms with E-state index in [1.165, 1.54) is 0 Å². The summed E-state index contributed by atoms with van der Waals surface area (Å²) in [6, 6.07) is 9.20. The Morgan fingerprint density at radius 3 is 2.71 bits per heavy atom. The van der Waals surface area contributed by atoms with Crippen LogP contribution in [0.25, 0.3) is 10.9 Å². The first-order chi connectivity index (χ1) is 9.91. The maximum atomic E-state index is 12.2. The first-order valence-corrected chi connectivity index (χ1v) is 8.67. The molecule has 0 aliphatic carbocycles. The fraction of sp³-hybridized carbons (Fsp3) is 0.400. The number of rotatable bonds is 6. The van der Waals surface area contributed by atoms with Gasteiger partial charge in [0.2, 0.25) is 0 Å². The smallest absolute Gasteiger partial charge is 0.154 e. The molecule has 21 heavy (non-hydrogen) atoms. The predicted molar refractivity (Wildman–Crippen MR) is 82.8 cm³/mol. The van der Waals surface area contributed by atoms with Crippen molar-refractivity contribution in [1.82, 2.24) is 10.5 Å². The van der Waals surface area contributed by atoms with Crippen LogP contribution in [0.5, 0.6) is 0 Å². The molecule has 5 nitrogen and oxygen atoms in total. The summed E-state index contributed by atoms with van der Waals surface area (Å²) in [5.41, 5.74) is 3.64. The predicted octanol–water partition coefficient (Wildman–Crippen LogP) is 2.15. The van der Waals surface area contributed by atoms with E-state index >= 15 is 0 Å². The summed E-state index contributed by atoms with van der Waals surface area (Å²) in [6.45, 7) is 3.54. The summed E-state index contributed by atoms with van der Waals surface area (Å²) in [5, 5.41) is 9.79. The molecule has 0 spiro atoms. The molecular formula is C15H20N2O3S. The molecule has 1 aromatic carbocycles. The van der Waals surface area contributed by atoms with Gasteiger partial charge in [-0.25, -0.2) is 13.9 Å². The van der Waals surface area contributed by atoms with E-state index in [9.17, 15) is 8.42 Å². The second-order valence-electron chi connectivity index (χ2n) is 5.49. The molecule has 6 heteroatoms. The van der Waals surface area contributed by atoms with Gasteiger partial charge in [0.05, 0.1) is 17.0 Å². The number of para-hydroxylation sites is 1. The van der Waals surface area contributed by atoms with Crippen LogP contribution >= 0.6 is 0 Å². The molecule has 0 aliphatic heterocycles. The van der Waals surface area contributed by atoms with E-state index in [1.54, 1.807) is 20.0 Å². The van der Waals surface area contributed by atoms with E-state index in [2.05, 4.69) is 10.5 Å². The molecule has 1 heterocycles. The Balaban J connectivity index is 2.14. The molecule has 0 amide bonds. The van der Waals surface area contributed by atoms with Crippen LogP contribution in [-0.4, -0.2) is 30.4 Å². The topological polar surface area (TPSA) is 79.3 Å². The minimum Gasteiger partial charge on any atom is -0.317 e. The Bertz CT molecular complexity index is 716. The van der Waals surface area contributed by atoms with Gasteiger partial charge in [-0.3, -0.25) is 4.98 Å². The van der Waals surface area contributed by atoms with E-state index < -0.39 is 9.84 Å². The van der Waals surface area contributed by atoms with Crippen molar-refractivity contribution in [3.63, 3.8) is 0 Å². The molecular weight excluding hydrogens is 288 g/mol. The third-order valence-corrected chi connectivity index (χ3v) is 5.41. The Morgan fingerprint density at radius 1 is 1.29 bits per heavy atom. The van der Waals surface area contributed by atoms with Gasteiger partial charge < -0.3 is 5.21 Å².